The number of hydrogen-bond donors (Lipinski definition) is 0. The van der Waals surface area contributed by atoms with Gasteiger partial charge in [-0.2, -0.15) is 0 Å². The van der Waals surface area contributed by atoms with E-state index in [0.29, 0.717) is 0 Å². The number of nitrogens with zero attached hydrogens (tertiary/aromatic N) is 1. The Labute approximate surface area is 144 Å². The highest BCUT2D eigenvalue weighted by Gasteiger charge is 2.23. The van der Waals surface area contributed by atoms with E-state index in [9.17, 15) is 4.79 Å². The molecule has 0 saturated carbocycles. The largest absolute Gasteiger partial charge is 0.379 e. The summed E-state index contributed by atoms with van der Waals surface area (Å²) in [5, 5.41) is 0. The molecule has 24 heavy (non-hydrogen) atoms. The summed E-state index contributed by atoms with van der Waals surface area (Å²) in [4.78, 5) is 15.3. The van der Waals surface area contributed by atoms with Gasteiger partial charge in [-0.1, -0.05) is 60.7 Å². The monoisotopic (exact) mass is 323 g/mol. The second kappa shape index (κ2) is 8.76. The van der Waals surface area contributed by atoms with Crippen molar-refractivity contribution in [2.45, 2.75) is 12.8 Å². The van der Waals surface area contributed by atoms with Crippen molar-refractivity contribution in [3.63, 3.8) is 0 Å². The predicted octanol–water partition coefficient (Wildman–Crippen LogP) is 3.45. The van der Waals surface area contributed by atoms with Crippen LogP contribution in [0, 0.1) is 5.92 Å². The van der Waals surface area contributed by atoms with Gasteiger partial charge in [-0.15, -0.1) is 0 Å². The van der Waals surface area contributed by atoms with E-state index < -0.39 is 0 Å². The van der Waals surface area contributed by atoms with E-state index >= 15 is 0 Å². The fraction of sp³-hybridized carbons (Fsp3) is 0.381. The molecule has 1 fully saturated rings. The number of carbonyl (C=O) groups excluding carboxylic acids is 1. The highest BCUT2D eigenvalue weighted by Crippen LogP contribution is 2.18. The van der Waals surface area contributed by atoms with Gasteiger partial charge in [-0.25, -0.2) is 0 Å². The average molecular weight is 323 g/mol. The second-order valence-corrected chi connectivity index (χ2v) is 6.36. The first-order chi connectivity index (χ1) is 11.8. The summed E-state index contributed by atoms with van der Waals surface area (Å²) >= 11 is 0. The van der Waals surface area contributed by atoms with Gasteiger partial charge in [0.25, 0.3) is 0 Å². The zero-order chi connectivity index (χ0) is 16.6. The normalized spacial score (nSPS) is 16.7. The number of carbonyl (C=O) groups is 1. The van der Waals surface area contributed by atoms with Gasteiger partial charge in [0.1, 0.15) is 0 Å². The Balaban J connectivity index is 1.68. The molecule has 2 aromatic carbocycles. The van der Waals surface area contributed by atoms with Gasteiger partial charge < -0.3 is 4.74 Å². The Morgan fingerprint density at radius 1 is 0.958 bits per heavy atom. The maximum absolute atomic E-state index is 13.0. The zero-order valence-electron chi connectivity index (χ0n) is 14.1. The topological polar surface area (TPSA) is 29.5 Å². The summed E-state index contributed by atoms with van der Waals surface area (Å²) in [7, 11) is 0. The molecule has 1 atom stereocenters. The minimum Gasteiger partial charge on any atom is -0.379 e. The van der Waals surface area contributed by atoms with Crippen LogP contribution in [0.5, 0.6) is 0 Å². The SMILES string of the molecule is O=C(c1ccccc1)C(CCc1ccccc1)CN1CCOCC1. The van der Waals surface area contributed by atoms with Crippen molar-refractivity contribution in [3.8, 4) is 0 Å². The Morgan fingerprint density at radius 2 is 1.58 bits per heavy atom. The Kier molecular flexibility index (Phi) is 6.16. The fourth-order valence-corrected chi connectivity index (χ4v) is 3.22. The number of rotatable bonds is 7. The van der Waals surface area contributed by atoms with E-state index in [1.807, 2.05) is 36.4 Å². The third-order valence-electron chi connectivity index (χ3n) is 4.64. The summed E-state index contributed by atoms with van der Waals surface area (Å²) in [5.74, 6) is 0.295. The maximum Gasteiger partial charge on any atom is 0.167 e. The van der Waals surface area contributed by atoms with Crippen LogP contribution in [0.1, 0.15) is 22.3 Å². The van der Waals surface area contributed by atoms with E-state index in [4.69, 9.17) is 4.74 Å². The van der Waals surface area contributed by atoms with Crippen LogP contribution in [0.3, 0.4) is 0 Å². The molecule has 3 heteroatoms. The molecular weight excluding hydrogens is 298 g/mol. The third kappa shape index (κ3) is 4.76. The van der Waals surface area contributed by atoms with Crippen LogP contribution >= 0.6 is 0 Å². The Hall–Kier alpha value is -1.97. The van der Waals surface area contributed by atoms with Crippen LogP contribution in [0.2, 0.25) is 0 Å². The van der Waals surface area contributed by atoms with Gasteiger partial charge in [0.05, 0.1) is 13.2 Å². The summed E-state index contributed by atoms with van der Waals surface area (Å²) in [6.07, 6.45) is 1.82. The highest BCUT2D eigenvalue weighted by molar-refractivity contribution is 5.97. The lowest BCUT2D eigenvalue weighted by Crippen LogP contribution is -2.41. The van der Waals surface area contributed by atoms with Crippen molar-refractivity contribution in [3.05, 3.63) is 71.8 Å². The van der Waals surface area contributed by atoms with Crippen LogP contribution in [-0.4, -0.2) is 43.5 Å². The van der Waals surface area contributed by atoms with E-state index in [1.165, 1.54) is 5.56 Å². The molecule has 3 rings (SSSR count). The quantitative estimate of drug-likeness (QED) is 0.731. The molecule has 1 aliphatic rings. The number of aryl methyl sites for hydroxylation is 1. The van der Waals surface area contributed by atoms with Gasteiger partial charge in [0.15, 0.2) is 5.78 Å². The molecule has 0 spiro atoms. The van der Waals surface area contributed by atoms with Gasteiger partial charge in [-0.05, 0) is 18.4 Å². The lowest BCUT2D eigenvalue weighted by Gasteiger charge is -2.30. The van der Waals surface area contributed by atoms with Gasteiger partial charge >= 0.3 is 0 Å². The Bertz CT molecular complexity index is 621. The molecule has 2 aromatic rings. The van der Waals surface area contributed by atoms with E-state index in [-0.39, 0.29) is 11.7 Å². The first-order valence-electron chi connectivity index (χ1n) is 8.76. The fourth-order valence-electron chi connectivity index (χ4n) is 3.22. The lowest BCUT2D eigenvalue weighted by atomic mass is 9.91. The maximum atomic E-state index is 13.0. The van der Waals surface area contributed by atoms with Gasteiger partial charge in [0.2, 0.25) is 0 Å². The van der Waals surface area contributed by atoms with Crippen molar-refractivity contribution >= 4 is 5.78 Å². The minimum absolute atomic E-state index is 0.0331. The van der Waals surface area contributed by atoms with Crippen LogP contribution in [0.4, 0.5) is 0 Å². The van der Waals surface area contributed by atoms with Crippen molar-refractivity contribution in [2.75, 3.05) is 32.8 Å². The molecule has 0 amide bonds. The summed E-state index contributed by atoms with van der Waals surface area (Å²) in [5.41, 5.74) is 2.12. The third-order valence-corrected chi connectivity index (χ3v) is 4.64. The first kappa shape index (κ1) is 16.9. The van der Waals surface area contributed by atoms with E-state index in [0.717, 1.165) is 51.3 Å². The standard InChI is InChI=1S/C21H25NO2/c23-21(19-9-5-2-6-10-19)20(17-22-13-15-24-16-14-22)12-11-18-7-3-1-4-8-18/h1-10,20H,11-17H2. The highest BCUT2D eigenvalue weighted by atomic mass is 16.5. The lowest BCUT2D eigenvalue weighted by molar-refractivity contribution is 0.0295. The number of morpholine rings is 1. The number of Topliss-reactive ketones (excluding diaryl/α,β-unsaturated/α-hetero) is 1. The van der Waals surface area contributed by atoms with Crippen LogP contribution in [-0.2, 0) is 11.2 Å². The average Bonchev–Trinajstić information content (AvgIpc) is 2.67. The summed E-state index contributed by atoms with van der Waals surface area (Å²) in [6, 6.07) is 20.1. The predicted molar refractivity (Wildman–Crippen MR) is 96.3 cm³/mol. The molecule has 1 heterocycles. The van der Waals surface area contributed by atoms with E-state index in [2.05, 4.69) is 29.2 Å². The number of benzene rings is 2. The Morgan fingerprint density at radius 3 is 2.25 bits per heavy atom. The molecule has 0 N–H and O–H groups in total. The molecule has 126 valence electrons. The number of hydrogen-bond acceptors (Lipinski definition) is 3. The molecule has 3 nitrogen and oxygen atoms in total. The van der Waals surface area contributed by atoms with Crippen LogP contribution in [0.25, 0.3) is 0 Å². The second-order valence-electron chi connectivity index (χ2n) is 6.36. The number of ketones is 1. The first-order valence-corrected chi connectivity index (χ1v) is 8.76. The number of ether oxygens (including phenoxy) is 1. The van der Waals surface area contributed by atoms with Gasteiger partial charge in [-0.3, -0.25) is 9.69 Å². The molecule has 1 unspecified atom stereocenters. The minimum atomic E-state index is 0.0331. The molecule has 0 bridgehead atoms. The summed E-state index contributed by atoms with van der Waals surface area (Å²) < 4.78 is 5.43. The molecule has 1 aliphatic heterocycles. The van der Waals surface area contributed by atoms with Crippen LogP contribution < -0.4 is 0 Å². The van der Waals surface area contributed by atoms with Crippen molar-refractivity contribution in [2.24, 2.45) is 5.92 Å². The van der Waals surface area contributed by atoms with Gasteiger partial charge in [0, 0.05) is 31.1 Å². The molecular formula is C21H25NO2. The zero-order valence-corrected chi connectivity index (χ0v) is 14.1. The van der Waals surface area contributed by atoms with Crippen LogP contribution in [0.15, 0.2) is 60.7 Å². The summed E-state index contributed by atoms with van der Waals surface area (Å²) in [6.45, 7) is 4.20. The molecule has 1 saturated heterocycles. The van der Waals surface area contributed by atoms with Crippen molar-refractivity contribution in [1.29, 1.82) is 0 Å². The van der Waals surface area contributed by atoms with Crippen molar-refractivity contribution < 1.29 is 9.53 Å². The smallest absolute Gasteiger partial charge is 0.167 e. The molecule has 0 radical (unpaired) electrons. The van der Waals surface area contributed by atoms with Crippen molar-refractivity contribution in [1.82, 2.24) is 4.90 Å². The molecule has 0 aliphatic carbocycles. The molecule has 0 aromatic heterocycles. The van der Waals surface area contributed by atoms with E-state index in [1.54, 1.807) is 0 Å².